The van der Waals surface area contributed by atoms with Gasteiger partial charge in [0.15, 0.2) is 5.43 Å². The standard InChI is InChI=1S/C12H12N2O2/c15-10-3-1-2-8-11(10)14-9-6-13-5-4-7(9)12(8)16/h1-3,13,15H,4-6H2,(H,14,16). The Kier molecular flexibility index (Phi) is 1.97. The second kappa shape index (κ2) is 3.35. The van der Waals surface area contributed by atoms with Crippen molar-refractivity contribution >= 4 is 10.9 Å². The van der Waals surface area contributed by atoms with Gasteiger partial charge < -0.3 is 15.4 Å². The molecule has 2 heterocycles. The Morgan fingerprint density at radius 3 is 3.06 bits per heavy atom. The number of rotatable bonds is 0. The van der Waals surface area contributed by atoms with Gasteiger partial charge in [0.1, 0.15) is 5.75 Å². The number of H-pyrrole nitrogens is 1. The molecule has 1 aliphatic heterocycles. The molecule has 0 unspecified atom stereocenters. The summed E-state index contributed by atoms with van der Waals surface area (Å²) in [4.78, 5) is 15.3. The van der Waals surface area contributed by atoms with Gasteiger partial charge in [0.25, 0.3) is 0 Å². The third kappa shape index (κ3) is 1.23. The fraction of sp³-hybridized carbons (Fsp3) is 0.250. The lowest BCUT2D eigenvalue weighted by Gasteiger charge is -2.17. The van der Waals surface area contributed by atoms with Crippen molar-refractivity contribution < 1.29 is 5.11 Å². The number of nitrogens with one attached hydrogen (secondary N) is 2. The number of para-hydroxylation sites is 1. The molecule has 1 aliphatic rings. The predicted octanol–water partition coefficient (Wildman–Crippen LogP) is 0.879. The molecule has 0 saturated heterocycles. The Morgan fingerprint density at radius 1 is 1.31 bits per heavy atom. The molecule has 0 atom stereocenters. The summed E-state index contributed by atoms with van der Waals surface area (Å²) in [6, 6.07) is 5.03. The van der Waals surface area contributed by atoms with Crippen molar-refractivity contribution in [1.29, 1.82) is 0 Å². The molecule has 2 aromatic rings. The molecule has 82 valence electrons. The van der Waals surface area contributed by atoms with Crippen molar-refractivity contribution in [3.63, 3.8) is 0 Å². The first-order valence-electron chi connectivity index (χ1n) is 5.34. The summed E-state index contributed by atoms with van der Waals surface area (Å²) in [5, 5.41) is 13.5. The molecule has 0 spiro atoms. The van der Waals surface area contributed by atoms with Gasteiger partial charge in [0.2, 0.25) is 0 Å². The largest absolute Gasteiger partial charge is 0.506 e. The molecule has 4 nitrogen and oxygen atoms in total. The highest BCUT2D eigenvalue weighted by atomic mass is 16.3. The zero-order valence-corrected chi connectivity index (χ0v) is 8.71. The molecule has 0 saturated carbocycles. The first-order valence-corrected chi connectivity index (χ1v) is 5.34. The quantitative estimate of drug-likeness (QED) is 0.612. The van der Waals surface area contributed by atoms with Crippen LogP contribution in [0.3, 0.4) is 0 Å². The lowest BCUT2D eigenvalue weighted by Crippen LogP contribution is -2.29. The van der Waals surface area contributed by atoms with E-state index in [0.29, 0.717) is 17.4 Å². The molecule has 3 N–H and O–H groups in total. The van der Waals surface area contributed by atoms with E-state index in [2.05, 4.69) is 10.3 Å². The van der Waals surface area contributed by atoms with E-state index in [1.54, 1.807) is 18.2 Å². The normalized spacial score (nSPS) is 15.0. The average Bonchev–Trinajstić information content (AvgIpc) is 2.31. The minimum atomic E-state index is 0.0427. The van der Waals surface area contributed by atoms with E-state index in [0.717, 1.165) is 24.2 Å². The number of hydrogen-bond acceptors (Lipinski definition) is 3. The number of fused-ring (bicyclic) bond motifs is 2. The second-order valence-corrected chi connectivity index (χ2v) is 4.04. The minimum Gasteiger partial charge on any atom is -0.506 e. The number of aromatic amines is 1. The van der Waals surface area contributed by atoms with Crippen LogP contribution in [0.4, 0.5) is 0 Å². The Balaban J connectivity index is 2.44. The number of phenolic OH excluding ortho intramolecular Hbond substituents is 1. The van der Waals surface area contributed by atoms with Crippen LogP contribution in [0.15, 0.2) is 23.0 Å². The SMILES string of the molecule is O=c1c2c([nH]c3c(O)cccc13)CNCC2. The highest BCUT2D eigenvalue weighted by Gasteiger charge is 2.16. The summed E-state index contributed by atoms with van der Waals surface area (Å²) in [5.41, 5.74) is 2.32. The Morgan fingerprint density at radius 2 is 2.19 bits per heavy atom. The van der Waals surface area contributed by atoms with E-state index < -0.39 is 0 Å². The highest BCUT2D eigenvalue weighted by molar-refractivity contribution is 5.84. The van der Waals surface area contributed by atoms with Crippen molar-refractivity contribution in [3.8, 4) is 5.75 Å². The first-order chi connectivity index (χ1) is 7.77. The van der Waals surface area contributed by atoms with Crippen molar-refractivity contribution in [3.05, 3.63) is 39.7 Å². The molecule has 1 aromatic heterocycles. The smallest absolute Gasteiger partial charge is 0.193 e. The topological polar surface area (TPSA) is 65.1 Å². The minimum absolute atomic E-state index is 0.0427. The van der Waals surface area contributed by atoms with Crippen molar-refractivity contribution in [2.45, 2.75) is 13.0 Å². The number of aromatic hydroxyl groups is 1. The summed E-state index contributed by atoms with van der Waals surface area (Å²) < 4.78 is 0. The summed E-state index contributed by atoms with van der Waals surface area (Å²) >= 11 is 0. The molecule has 0 radical (unpaired) electrons. The third-order valence-corrected chi connectivity index (χ3v) is 3.05. The molecular weight excluding hydrogens is 204 g/mol. The average molecular weight is 216 g/mol. The van der Waals surface area contributed by atoms with Gasteiger partial charge in [0.05, 0.1) is 5.52 Å². The van der Waals surface area contributed by atoms with Crippen LogP contribution < -0.4 is 10.7 Å². The van der Waals surface area contributed by atoms with Crippen LogP contribution in [0.25, 0.3) is 10.9 Å². The van der Waals surface area contributed by atoms with E-state index >= 15 is 0 Å². The Labute approximate surface area is 91.9 Å². The molecular formula is C12H12N2O2. The summed E-state index contributed by atoms with van der Waals surface area (Å²) in [7, 11) is 0. The first kappa shape index (κ1) is 9.42. The van der Waals surface area contributed by atoms with Gasteiger partial charge in [-0.15, -0.1) is 0 Å². The fourth-order valence-corrected chi connectivity index (χ4v) is 2.23. The van der Waals surface area contributed by atoms with E-state index in [9.17, 15) is 9.90 Å². The predicted molar refractivity (Wildman–Crippen MR) is 61.6 cm³/mol. The number of benzene rings is 1. The lowest BCUT2D eigenvalue weighted by molar-refractivity contribution is 0.480. The van der Waals surface area contributed by atoms with E-state index in [1.165, 1.54) is 0 Å². The molecule has 0 amide bonds. The zero-order valence-electron chi connectivity index (χ0n) is 8.71. The van der Waals surface area contributed by atoms with Crippen LogP contribution in [-0.4, -0.2) is 16.6 Å². The Bertz CT molecular complexity index is 616. The third-order valence-electron chi connectivity index (χ3n) is 3.05. The van der Waals surface area contributed by atoms with Crippen LogP contribution in [-0.2, 0) is 13.0 Å². The molecule has 0 bridgehead atoms. The number of pyridine rings is 1. The van der Waals surface area contributed by atoms with E-state index in [1.807, 2.05) is 0 Å². The molecule has 0 aliphatic carbocycles. The fourth-order valence-electron chi connectivity index (χ4n) is 2.23. The summed E-state index contributed by atoms with van der Waals surface area (Å²) in [5.74, 6) is 0.128. The molecule has 0 fully saturated rings. The molecule has 4 heteroatoms. The van der Waals surface area contributed by atoms with Crippen molar-refractivity contribution in [1.82, 2.24) is 10.3 Å². The van der Waals surface area contributed by atoms with E-state index in [-0.39, 0.29) is 11.2 Å². The molecule has 3 rings (SSSR count). The van der Waals surface area contributed by atoms with Gasteiger partial charge in [-0.2, -0.15) is 0 Å². The van der Waals surface area contributed by atoms with Crippen molar-refractivity contribution in [2.75, 3.05) is 6.54 Å². The van der Waals surface area contributed by atoms with Gasteiger partial charge in [-0.25, -0.2) is 0 Å². The monoisotopic (exact) mass is 216 g/mol. The summed E-state index contributed by atoms with van der Waals surface area (Å²) in [6.07, 6.45) is 0.746. The number of aromatic nitrogens is 1. The second-order valence-electron chi connectivity index (χ2n) is 4.04. The van der Waals surface area contributed by atoms with Crippen LogP contribution in [0.5, 0.6) is 5.75 Å². The van der Waals surface area contributed by atoms with Crippen LogP contribution in [0.1, 0.15) is 11.3 Å². The van der Waals surface area contributed by atoms with Crippen LogP contribution >= 0.6 is 0 Å². The zero-order chi connectivity index (χ0) is 11.1. The highest BCUT2D eigenvalue weighted by Crippen LogP contribution is 2.22. The maximum Gasteiger partial charge on any atom is 0.193 e. The molecule has 1 aromatic carbocycles. The van der Waals surface area contributed by atoms with Gasteiger partial charge in [-0.05, 0) is 25.1 Å². The maximum absolute atomic E-state index is 12.2. The van der Waals surface area contributed by atoms with Gasteiger partial charge in [-0.1, -0.05) is 6.07 Å². The van der Waals surface area contributed by atoms with Gasteiger partial charge in [0, 0.05) is 23.2 Å². The van der Waals surface area contributed by atoms with Crippen LogP contribution in [0.2, 0.25) is 0 Å². The Hall–Kier alpha value is -1.81. The number of hydrogen-bond donors (Lipinski definition) is 3. The molecule has 16 heavy (non-hydrogen) atoms. The summed E-state index contributed by atoms with van der Waals surface area (Å²) in [6.45, 7) is 1.50. The lowest BCUT2D eigenvalue weighted by atomic mass is 10.0. The van der Waals surface area contributed by atoms with Crippen LogP contribution in [0, 0.1) is 0 Å². The number of phenols is 1. The van der Waals surface area contributed by atoms with Gasteiger partial charge >= 0.3 is 0 Å². The van der Waals surface area contributed by atoms with E-state index in [4.69, 9.17) is 0 Å². The van der Waals surface area contributed by atoms with Gasteiger partial charge in [-0.3, -0.25) is 4.79 Å². The maximum atomic E-state index is 12.2. The van der Waals surface area contributed by atoms with Crippen molar-refractivity contribution in [2.24, 2.45) is 0 Å².